The van der Waals surface area contributed by atoms with Gasteiger partial charge in [0.25, 0.3) is 11.8 Å². The second kappa shape index (κ2) is 10.0. The van der Waals surface area contributed by atoms with E-state index >= 15 is 0 Å². The van der Waals surface area contributed by atoms with Crippen LogP contribution in [0.3, 0.4) is 0 Å². The van der Waals surface area contributed by atoms with Gasteiger partial charge in [-0.3, -0.25) is 14.4 Å². The molecule has 0 radical (unpaired) electrons. The third-order valence-electron chi connectivity index (χ3n) is 7.00. The topological polar surface area (TPSA) is 197 Å². The number of nitriles is 1. The predicted molar refractivity (Wildman–Crippen MR) is 135 cm³/mol. The Balaban J connectivity index is 1.52. The number of likely N-dealkylation sites (tertiary alicyclic amines) is 1. The molecule has 37 heavy (non-hydrogen) atoms. The average Bonchev–Trinajstić information content (AvgIpc) is 3.68. The summed E-state index contributed by atoms with van der Waals surface area (Å²) in [5.74, 6) is -0.788. The molecule has 3 aromatic rings. The fourth-order valence-electron chi connectivity index (χ4n) is 5.30. The first kappa shape index (κ1) is 25.0. The number of nitrogens with two attached hydrogens (primary N) is 2. The largest absolute Gasteiger partial charge is 0.365 e. The van der Waals surface area contributed by atoms with Crippen LogP contribution in [0.2, 0.25) is 0 Å². The van der Waals surface area contributed by atoms with Crippen molar-refractivity contribution in [2.75, 3.05) is 19.6 Å². The van der Waals surface area contributed by atoms with E-state index in [2.05, 4.69) is 32.0 Å². The Morgan fingerprint density at radius 1 is 1.16 bits per heavy atom. The van der Waals surface area contributed by atoms with Crippen molar-refractivity contribution in [2.45, 2.75) is 43.6 Å². The van der Waals surface area contributed by atoms with Crippen LogP contribution in [0.4, 0.5) is 0 Å². The average molecular weight is 540 g/mol. The number of aromatic nitrogens is 4. The number of nitrogens with zero attached hydrogens (tertiary/aromatic N) is 5. The van der Waals surface area contributed by atoms with Gasteiger partial charge in [0.1, 0.15) is 6.04 Å². The number of fused-ring (bicyclic) bond motifs is 2. The number of tetrazole rings is 1. The number of aromatic amines is 1. The Morgan fingerprint density at radius 2 is 1.81 bits per heavy atom. The van der Waals surface area contributed by atoms with Crippen LogP contribution in [0.25, 0.3) is 0 Å². The number of nitrogens with one attached hydrogen (secondary N) is 2. The van der Waals surface area contributed by atoms with Gasteiger partial charge in [-0.2, -0.15) is 10.5 Å². The summed E-state index contributed by atoms with van der Waals surface area (Å²) in [6.45, 7) is 1.04. The number of aryl methyl sites for hydroxylation is 2. The monoisotopic (exact) mass is 539 g/mol. The maximum Gasteiger partial charge on any atom is 0.258 e. The SMILES string of the molecule is N#CC1CCCN1C(=O)CNCCC1(c2nn[nH]n2)c2cc(C(N)=O)sc2CCc2sc(C(N)=O)cc21. The highest BCUT2D eigenvalue weighted by atomic mass is 32.1. The number of primary amides is 2. The smallest absolute Gasteiger partial charge is 0.258 e. The number of thiophene rings is 2. The van der Waals surface area contributed by atoms with E-state index < -0.39 is 17.2 Å². The molecule has 3 aromatic heterocycles. The predicted octanol–water partition coefficient (Wildman–Crippen LogP) is 0.448. The van der Waals surface area contributed by atoms with Crippen molar-refractivity contribution in [3.05, 3.63) is 48.6 Å². The second-order valence-electron chi connectivity index (χ2n) is 9.07. The molecular weight excluding hydrogens is 514 g/mol. The van der Waals surface area contributed by atoms with Gasteiger partial charge in [-0.15, -0.1) is 32.9 Å². The zero-order chi connectivity index (χ0) is 26.2. The van der Waals surface area contributed by atoms with Gasteiger partial charge in [-0.05, 0) is 61.9 Å². The summed E-state index contributed by atoms with van der Waals surface area (Å²) in [6, 6.07) is 5.36. The number of carbonyl (C=O) groups excluding carboxylic acids is 3. The first-order valence-corrected chi connectivity index (χ1v) is 13.5. The van der Waals surface area contributed by atoms with E-state index in [1.165, 1.54) is 22.7 Å². The fraction of sp³-hybridized carbons (Fsp3) is 0.435. The molecule has 1 fully saturated rings. The van der Waals surface area contributed by atoms with E-state index in [9.17, 15) is 19.6 Å². The lowest BCUT2D eigenvalue weighted by atomic mass is 9.71. The van der Waals surface area contributed by atoms with Gasteiger partial charge in [0.2, 0.25) is 5.91 Å². The van der Waals surface area contributed by atoms with Crippen molar-refractivity contribution in [1.29, 1.82) is 5.26 Å². The third kappa shape index (κ3) is 4.39. The summed E-state index contributed by atoms with van der Waals surface area (Å²) in [6.07, 6.45) is 3.21. The van der Waals surface area contributed by atoms with Crippen molar-refractivity contribution in [3.63, 3.8) is 0 Å². The van der Waals surface area contributed by atoms with Crippen LogP contribution < -0.4 is 16.8 Å². The van der Waals surface area contributed by atoms with Crippen LogP contribution >= 0.6 is 22.7 Å². The third-order valence-corrected chi connectivity index (χ3v) is 9.42. The molecule has 1 aliphatic heterocycles. The first-order valence-electron chi connectivity index (χ1n) is 11.8. The highest BCUT2D eigenvalue weighted by Crippen LogP contribution is 2.50. The summed E-state index contributed by atoms with van der Waals surface area (Å²) in [5.41, 5.74) is 12.0. The van der Waals surface area contributed by atoms with Gasteiger partial charge >= 0.3 is 0 Å². The van der Waals surface area contributed by atoms with Crippen molar-refractivity contribution < 1.29 is 14.4 Å². The zero-order valence-electron chi connectivity index (χ0n) is 19.8. The van der Waals surface area contributed by atoms with Crippen LogP contribution in [0.15, 0.2) is 12.1 Å². The van der Waals surface area contributed by atoms with Crippen molar-refractivity contribution in [1.82, 2.24) is 30.8 Å². The van der Waals surface area contributed by atoms with E-state index in [1.54, 1.807) is 17.0 Å². The van der Waals surface area contributed by atoms with Crippen LogP contribution in [0.1, 0.15) is 65.3 Å². The van der Waals surface area contributed by atoms with Gasteiger partial charge in [-0.25, -0.2) is 0 Å². The minimum atomic E-state index is -0.957. The molecule has 1 saturated heterocycles. The molecule has 6 N–H and O–H groups in total. The highest BCUT2D eigenvalue weighted by molar-refractivity contribution is 7.15. The molecule has 0 aromatic carbocycles. The number of H-pyrrole nitrogens is 1. The number of hydrogen-bond donors (Lipinski definition) is 4. The number of amides is 3. The molecule has 2 aliphatic rings. The Morgan fingerprint density at radius 3 is 2.35 bits per heavy atom. The van der Waals surface area contributed by atoms with Gasteiger partial charge in [0.05, 0.1) is 27.8 Å². The summed E-state index contributed by atoms with van der Waals surface area (Å²) in [7, 11) is 0. The molecular formula is C23H25N9O3S2. The number of carbonyl (C=O) groups is 3. The first-order chi connectivity index (χ1) is 17.8. The zero-order valence-corrected chi connectivity index (χ0v) is 21.5. The summed E-state index contributed by atoms with van der Waals surface area (Å²) >= 11 is 2.69. The van der Waals surface area contributed by atoms with E-state index in [1.807, 2.05) is 0 Å². The fourth-order valence-corrected chi connectivity index (χ4v) is 7.48. The van der Waals surface area contributed by atoms with Crippen LogP contribution in [0, 0.1) is 11.3 Å². The maximum absolute atomic E-state index is 12.8. The van der Waals surface area contributed by atoms with E-state index in [0.29, 0.717) is 54.4 Å². The molecule has 1 aliphatic carbocycles. The van der Waals surface area contributed by atoms with Crippen LogP contribution in [-0.4, -0.2) is 68.9 Å². The molecule has 5 rings (SSSR count). The van der Waals surface area contributed by atoms with Gasteiger partial charge in [-0.1, -0.05) is 5.21 Å². The quantitative estimate of drug-likeness (QED) is 0.296. The van der Waals surface area contributed by atoms with Crippen LogP contribution in [0.5, 0.6) is 0 Å². The highest BCUT2D eigenvalue weighted by Gasteiger charge is 2.46. The molecule has 0 saturated carbocycles. The minimum absolute atomic E-state index is 0.0760. The van der Waals surface area contributed by atoms with Gasteiger partial charge in [0, 0.05) is 16.3 Å². The molecule has 4 heterocycles. The molecule has 0 spiro atoms. The lowest BCUT2D eigenvalue weighted by Gasteiger charge is -2.31. The second-order valence-corrected chi connectivity index (χ2v) is 11.3. The van der Waals surface area contributed by atoms with Crippen molar-refractivity contribution >= 4 is 40.4 Å². The van der Waals surface area contributed by atoms with Crippen molar-refractivity contribution in [2.24, 2.45) is 11.5 Å². The lowest BCUT2D eigenvalue weighted by molar-refractivity contribution is -0.130. The number of rotatable bonds is 8. The van der Waals surface area contributed by atoms with Crippen molar-refractivity contribution in [3.8, 4) is 6.07 Å². The maximum atomic E-state index is 12.8. The minimum Gasteiger partial charge on any atom is -0.365 e. The van der Waals surface area contributed by atoms with Gasteiger partial charge < -0.3 is 21.7 Å². The van der Waals surface area contributed by atoms with E-state index in [0.717, 1.165) is 27.3 Å². The number of hydrogen-bond acceptors (Lipinski definition) is 10. The normalized spacial score (nSPS) is 18.0. The molecule has 12 nitrogen and oxygen atoms in total. The standard InChI is InChI=1S/C23H25N9O3S2/c24-10-12-2-1-7-32(12)19(33)11-27-6-5-23(22-28-30-31-29-22)13-8-17(20(25)34)36-15(13)3-4-16-14(23)9-18(37-16)21(26)35/h8-9,12,27H,1-7,11H2,(H2,25,34)(H2,26,35)(H,28,29,30,31). The van der Waals surface area contributed by atoms with E-state index in [-0.39, 0.29) is 18.5 Å². The molecule has 192 valence electrons. The summed E-state index contributed by atoms with van der Waals surface area (Å²) < 4.78 is 0. The molecule has 3 amide bonds. The molecule has 1 unspecified atom stereocenters. The molecule has 0 bridgehead atoms. The Labute approximate surface area is 220 Å². The Hall–Kier alpha value is -3.67. The van der Waals surface area contributed by atoms with Gasteiger partial charge in [0.15, 0.2) is 5.82 Å². The summed E-state index contributed by atoms with van der Waals surface area (Å²) in [4.78, 5) is 41.4. The van der Waals surface area contributed by atoms with E-state index in [4.69, 9.17) is 11.5 Å². The lowest BCUT2D eigenvalue weighted by Crippen LogP contribution is -2.42. The van der Waals surface area contributed by atoms with Crippen LogP contribution in [-0.2, 0) is 23.1 Å². The summed E-state index contributed by atoms with van der Waals surface area (Å²) in [5, 5.41) is 27.6. The Kier molecular flexibility index (Phi) is 6.76. The molecule has 1 atom stereocenters. The Bertz CT molecular complexity index is 1330. The molecule has 14 heteroatoms.